The molecule has 0 aromatic heterocycles. The summed E-state index contributed by atoms with van der Waals surface area (Å²) in [6.45, 7) is 2.18. The van der Waals surface area contributed by atoms with E-state index in [1.54, 1.807) is 14.0 Å². The number of benzene rings is 1. The van der Waals surface area contributed by atoms with Gasteiger partial charge in [0.25, 0.3) is 0 Å². The number of hydroxylamine groups is 1. The lowest BCUT2D eigenvalue weighted by Gasteiger charge is -2.08. The van der Waals surface area contributed by atoms with Gasteiger partial charge in [0.2, 0.25) is 0 Å². The fourth-order valence-corrected chi connectivity index (χ4v) is 1.12. The molecule has 1 rings (SSSR count). The molecule has 4 heteroatoms. The second-order valence-electron chi connectivity index (χ2n) is 2.96. The summed E-state index contributed by atoms with van der Waals surface area (Å²) in [5.41, 5.74) is 3.55. The van der Waals surface area contributed by atoms with E-state index >= 15 is 0 Å². The molecule has 0 aliphatic carbocycles. The van der Waals surface area contributed by atoms with Gasteiger partial charge in [-0.05, 0) is 6.07 Å². The summed E-state index contributed by atoms with van der Waals surface area (Å²) in [5, 5.41) is 0. The molecule has 1 aromatic carbocycles. The molecule has 0 radical (unpaired) electrons. The van der Waals surface area contributed by atoms with Gasteiger partial charge in [-0.25, -0.2) is 0 Å². The smallest absolute Gasteiger partial charge is 0.324 e. The fourth-order valence-electron chi connectivity index (χ4n) is 1.12. The van der Waals surface area contributed by atoms with Gasteiger partial charge in [0, 0.05) is 12.0 Å². The molecule has 0 atom stereocenters. The van der Waals surface area contributed by atoms with Crippen molar-refractivity contribution in [1.29, 1.82) is 0 Å². The molecule has 0 aliphatic rings. The van der Waals surface area contributed by atoms with Crippen LogP contribution in [-0.2, 0) is 16.2 Å². The summed E-state index contributed by atoms with van der Waals surface area (Å²) >= 11 is 0. The second kappa shape index (κ2) is 6.03. The average molecular weight is 209 g/mol. The molecule has 0 fully saturated rings. The van der Waals surface area contributed by atoms with E-state index in [1.807, 2.05) is 24.3 Å². The highest BCUT2D eigenvalue weighted by Crippen LogP contribution is 2.16. The SMILES string of the molecule is CCC(=O)ONCc1ccccc1OC. The third-order valence-corrected chi connectivity index (χ3v) is 1.93. The van der Waals surface area contributed by atoms with E-state index < -0.39 is 0 Å². The van der Waals surface area contributed by atoms with Crippen LogP contribution in [-0.4, -0.2) is 13.1 Å². The van der Waals surface area contributed by atoms with Crippen LogP contribution in [0.3, 0.4) is 0 Å². The molecule has 4 nitrogen and oxygen atoms in total. The van der Waals surface area contributed by atoms with E-state index in [4.69, 9.17) is 9.57 Å². The molecule has 0 heterocycles. The minimum Gasteiger partial charge on any atom is -0.496 e. The normalized spacial score (nSPS) is 9.73. The summed E-state index contributed by atoms with van der Waals surface area (Å²) in [4.78, 5) is 15.6. The maximum Gasteiger partial charge on any atom is 0.324 e. The molecule has 15 heavy (non-hydrogen) atoms. The van der Waals surface area contributed by atoms with Gasteiger partial charge >= 0.3 is 5.97 Å². The fraction of sp³-hybridized carbons (Fsp3) is 0.364. The summed E-state index contributed by atoms with van der Waals surface area (Å²) in [6.07, 6.45) is 0.360. The molecule has 1 N–H and O–H groups in total. The van der Waals surface area contributed by atoms with Crippen LogP contribution in [0.5, 0.6) is 5.75 Å². The number of methoxy groups -OCH3 is 1. The molecule has 0 unspecified atom stereocenters. The standard InChI is InChI=1S/C11H15NO3/c1-3-11(13)15-12-8-9-6-4-5-7-10(9)14-2/h4-7,12H,3,8H2,1-2H3. The molecule has 0 saturated carbocycles. The number of para-hydroxylation sites is 1. The third-order valence-electron chi connectivity index (χ3n) is 1.93. The first kappa shape index (κ1) is 11.5. The predicted molar refractivity (Wildman–Crippen MR) is 56.2 cm³/mol. The Morgan fingerprint density at radius 3 is 2.80 bits per heavy atom. The van der Waals surface area contributed by atoms with Crippen LogP contribution in [0.2, 0.25) is 0 Å². The van der Waals surface area contributed by atoms with Gasteiger partial charge in [-0.3, -0.25) is 4.79 Å². The molecule has 0 amide bonds. The van der Waals surface area contributed by atoms with Crippen molar-refractivity contribution in [2.75, 3.05) is 7.11 Å². The Morgan fingerprint density at radius 1 is 1.40 bits per heavy atom. The van der Waals surface area contributed by atoms with Crippen molar-refractivity contribution in [1.82, 2.24) is 5.48 Å². The summed E-state index contributed by atoms with van der Waals surface area (Å²) < 4.78 is 5.15. The molecule has 0 saturated heterocycles. The van der Waals surface area contributed by atoms with Crippen LogP contribution in [0.25, 0.3) is 0 Å². The van der Waals surface area contributed by atoms with Gasteiger partial charge in [0.15, 0.2) is 0 Å². The van der Waals surface area contributed by atoms with Crippen LogP contribution in [0.15, 0.2) is 24.3 Å². The van der Waals surface area contributed by atoms with Gasteiger partial charge < -0.3 is 9.57 Å². The number of hydrogen-bond donors (Lipinski definition) is 1. The zero-order chi connectivity index (χ0) is 11.1. The van der Waals surface area contributed by atoms with Gasteiger partial charge in [0.05, 0.1) is 13.7 Å². The van der Waals surface area contributed by atoms with E-state index in [9.17, 15) is 4.79 Å². The Morgan fingerprint density at radius 2 is 2.13 bits per heavy atom. The van der Waals surface area contributed by atoms with Gasteiger partial charge in [-0.15, -0.1) is 5.48 Å². The summed E-state index contributed by atoms with van der Waals surface area (Å²) in [7, 11) is 1.61. The third kappa shape index (κ3) is 3.59. The van der Waals surface area contributed by atoms with Crippen molar-refractivity contribution in [2.45, 2.75) is 19.9 Å². The Labute approximate surface area is 89.1 Å². The van der Waals surface area contributed by atoms with Crippen molar-refractivity contribution in [2.24, 2.45) is 0 Å². The second-order valence-corrected chi connectivity index (χ2v) is 2.96. The predicted octanol–water partition coefficient (Wildman–Crippen LogP) is 1.65. The van der Waals surface area contributed by atoms with E-state index in [0.717, 1.165) is 11.3 Å². The lowest BCUT2D eigenvalue weighted by molar-refractivity contribution is -0.151. The number of carbonyl (C=O) groups is 1. The number of ether oxygens (including phenoxy) is 1. The zero-order valence-corrected chi connectivity index (χ0v) is 8.95. The molecular formula is C11H15NO3. The lowest BCUT2D eigenvalue weighted by atomic mass is 10.2. The van der Waals surface area contributed by atoms with Crippen molar-refractivity contribution in [3.05, 3.63) is 29.8 Å². The molecular weight excluding hydrogens is 194 g/mol. The quantitative estimate of drug-likeness (QED) is 0.749. The van der Waals surface area contributed by atoms with Crippen LogP contribution in [0.4, 0.5) is 0 Å². The van der Waals surface area contributed by atoms with Crippen molar-refractivity contribution in [3.8, 4) is 5.75 Å². The Balaban J connectivity index is 2.46. The average Bonchev–Trinajstić information content (AvgIpc) is 2.29. The van der Waals surface area contributed by atoms with Gasteiger partial charge in [0.1, 0.15) is 5.75 Å². The number of hydrogen-bond acceptors (Lipinski definition) is 4. The summed E-state index contributed by atoms with van der Waals surface area (Å²) in [6, 6.07) is 7.56. The van der Waals surface area contributed by atoms with Crippen LogP contribution in [0.1, 0.15) is 18.9 Å². The number of carbonyl (C=O) groups excluding carboxylic acids is 1. The van der Waals surface area contributed by atoms with Crippen LogP contribution >= 0.6 is 0 Å². The maximum atomic E-state index is 10.8. The first-order chi connectivity index (χ1) is 7.27. The van der Waals surface area contributed by atoms with Crippen molar-refractivity contribution >= 4 is 5.97 Å². The van der Waals surface area contributed by atoms with Crippen molar-refractivity contribution < 1.29 is 14.4 Å². The van der Waals surface area contributed by atoms with E-state index in [1.165, 1.54) is 0 Å². The Hall–Kier alpha value is -1.55. The lowest BCUT2D eigenvalue weighted by Crippen LogP contribution is -2.19. The molecule has 0 aliphatic heterocycles. The maximum absolute atomic E-state index is 10.8. The molecule has 0 bridgehead atoms. The highest BCUT2D eigenvalue weighted by Gasteiger charge is 2.02. The topological polar surface area (TPSA) is 47.6 Å². The number of rotatable bonds is 5. The van der Waals surface area contributed by atoms with Gasteiger partial charge in [-0.1, -0.05) is 25.1 Å². The Kier molecular flexibility index (Phi) is 4.63. The highest BCUT2D eigenvalue weighted by atomic mass is 16.7. The van der Waals surface area contributed by atoms with E-state index in [0.29, 0.717) is 13.0 Å². The van der Waals surface area contributed by atoms with E-state index in [-0.39, 0.29) is 5.97 Å². The largest absolute Gasteiger partial charge is 0.496 e. The minimum absolute atomic E-state index is 0.273. The Bertz CT molecular complexity index is 325. The molecule has 0 spiro atoms. The summed E-state index contributed by atoms with van der Waals surface area (Å²) in [5.74, 6) is 0.502. The van der Waals surface area contributed by atoms with E-state index in [2.05, 4.69) is 5.48 Å². The van der Waals surface area contributed by atoms with Crippen molar-refractivity contribution in [3.63, 3.8) is 0 Å². The van der Waals surface area contributed by atoms with Crippen LogP contribution < -0.4 is 10.2 Å². The van der Waals surface area contributed by atoms with Gasteiger partial charge in [-0.2, -0.15) is 0 Å². The van der Waals surface area contributed by atoms with Crippen LogP contribution in [0, 0.1) is 0 Å². The first-order valence-electron chi connectivity index (χ1n) is 4.82. The highest BCUT2D eigenvalue weighted by molar-refractivity contribution is 5.68. The minimum atomic E-state index is -0.273. The zero-order valence-electron chi connectivity index (χ0n) is 8.95. The molecule has 1 aromatic rings. The monoisotopic (exact) mass is 209 g/mol. The first-order valence-corrected chi connectivity index (χ1v) is 4.82. The molecule has 82 valence electrons. The number of nitrogens with one attached hydrogen (secondary N) is 1.